The number of nitrogens with zero attached hydrogens (tertiary/aromatic N) is 1. The van der Waals surface area contributed by atoms with Crippen molar-refractivity contribution in [3.63, 3.8) is 0 Å². The standard InChI is InChI=1S/C13H13NO2/c15-12-11(9-5-2-1-3-6-9)10-7-4-8-14(10)13(12)16/h1-3,5-6,10,15H,4,7-8H2/t10-/m0/s1. The summed E-state index contributed by atoms with van der Waals surface area (Å²) in [6, 6.07) is 9.77. The van der Waals surface area contributed by atoms with Crippen LogP contribution in [-0.4, -0.2) is 28.5 Å². The summed E-state index contributed by atoms with van der Waals surface area (Å²) in [7, 11) is 0. The zero-order valence-electron chi connectivity index (χ0n) is 8.89. The van der Waals surface area contributed by atoms with Crippen molar-refractivity contribution in [3.8, 4) is 0 Å². The Balaban J connectivity index is 2.09. The number of aliphatic hydroxyl groups excluding tert-OH is 1. The third-order valence-corrected chi connectivity index (χ3v) is 3.39. The van der Waals surface area contributed by atoms with Crippen LogP contribution in [0.25, 0.3) is 5.57 Å². The van der Waals surface area contributed by atoms with Gasteiger partial charge in [-0.3, -0.25) is 4.79 Å². The number of hydrogen-bond donors (Lipinski definition) is 1. The molecule has 2 aliphatic rings. The second-order valence-corrected chi connectivity index (χ2v) is 4.28. The van der Waals surface area contributed by atoms with E-state index < -0.39 is 0 Å². The second kappa shape index (κ2) is 3.37. The lowest BCUT2D eigenvalue weighted by molar-refractivity contribution is -0.128. The molecule has 2 aliphatic heterocycles. The predicted molar refractivity (Wildman–Crippen MR) is 60.7 cm³/mol. The predicted octanol–water partition coefficient (Wildman–Crippen LogP) is 1.96. The first-order valence-corrected chi connectivity index (χ1v) is 5.58. The zero-order valence-corrected chi connectivity index (χ0v) is 8.89. The monoisotopic (exact) mass is 215 g/mol. The van der Waals surface area contributed by atoms with E-state index in [9.17, 15) is 9.90 Å². The van der Waals surface area contributed by atoms with Crippen LogP contribution in [0.4, 0.5) is 0 Å². The molecule has 0 saturated carbocycles. The fraction of sp³-hybridized carbons (Fsp3) is 0.308. The van der Waals surface area contributed by atoms with E-state index in [0.29, 0.717) is 0 Å². The summed E-state index contributed by atoms with van der Waals surface area (Å²) in [6.07, 6.45) is 1.99. The van der Waals surface area contributed by atoms with E-state index in [1.165, 1.54) is 0 Å². The molecule has 1 aromatic carbocycles. The zero-order chi connectivity index (χ0) is 11.1. The minimum Gasteiger partial charge on any atom is -0.503 e. The van der Waals surface area contributed by atoms with Gasteiger partial charge in [0.15, 0.2) is 5.76 Å². The van der Waals surface area contributed by atoms with Crippen LogP contribution in [0, 0.1) is 0 Å². The first-order chi connectivity index (χ1) is 7.79. The molecule has 1 fully saturated rings. The van der Waals surface area contributed by atoms with E-state index in [0.717, 1.165) is 30.5 Å². The van der Waals surface area contributed by atoms with Gasteiger partial charge in [0.1, 0.15) is 0 Å². The Bertz CT molecular complexity index is 464. The molecule has 0 aromatic heterocycles. The van der Waals surface area contributed by atoms with Crippen molar-refractivity contribution < 1.29 is 9.90 Å². The maximum atomic E-state index is 11.8. The number of amides is 1. The van der Waals surface area contributed by atoms with Crippen LogP contribution < -0.4 is 0 Å². The number of benzene rings is 1. The molecule has 0 bridgehead atoms. The van der Waals surface area contributed by atoms with Gasteiger partial charge in [-0.2, -0.15) is 0 Å². The van der Waals surface area contributed by atoms with Crippen LogP contribution in [-0.2, 0) is 4.79 Å². The molecular weight excluding hydrogens is 202 g/mol. The third-order valence-electron chi connectivity index (χ3n) is 3.39. The summed E-state index contributed by atoms with van der Waals surface area (Å²) in [4.78, 5) is 13.6. The topological polar surface area (TPSA) is 40.5 Å². The maximum Gasteiger partial charge on any atom is 0.289 e. The first-order valence-electron chi connectivity index (χ1n) is 5.58. The molecule has 16 heavy (non-hydrogen) atoms. The number of fused-ring (bicyclic) bond motifs is 1. The molecule has 3 heteroatoms. The highest BCUT2D eigenvalue weighted by atomic mass is 16.3. The van der Waals surface area contributed by atoms with Gasteiger partial charge < -0.3 is 10.0 Å². The highest BCUT2D eigenvalue weighted by molar-refractivity contribution is 6.05. The number of aliphatic hydroxyl groups is 1. The van der Waals surface area contributed by atoms with Crippen LogP contribution in [0.5, 0.6) is 0 Å². The summed E-state index contributed by atoms with van der Waals surface area (Å²) in [5.41, 5.74) is 1.77. The lowest BCUT2D eigenvalue weighted by Crippen LogP contribution is -2.29. The normalized spacial score (nSPS) is 24.1. The van der Waals surface area contributed by atoms with Gasteiger partial charge in [-0.15, -0.1) is 0 Å². The van der Waals surface area contributed by atoms with Gasteiger partial charge in [0, 0.05) is 12.1 Å². The summed E-state index contributed by atoms with van der Waals surface area (Å²) >= 11 is 0. The van der Waals surface area contributed by atoms with Crippen molar-refractivity contribution >= 4 is 11.5 Å². The summed E-state index contributed by atoms with van der Waals surface area (Å²) in [5.74, 6) is -0.266. The van der Waals surface area contributed by atoms with Crippen LogP contribution in [0.1, 0.15) is 18.4 Å². The maximum absolute atomic E-state index is 11.8. The van der Waals surface area contributed by atoms with Gasteiger partial charge in [0.2, 0.25) is 0 Å². The Labute approximate surface area is 94.0 Å². The number of hydrogen-bond acceptors (Lipinski definition) is 2. The molecule has 1 atom stereocenters. The molecule has 3 nitrogen and oxygen atoms in total. The molecule has 1 amide bonds. The number of carbonyl (C=O) groups excluding carboxylic acids is 1. The molecule has 0 spiro atoms. The molecule has 3 rings (SSSR count). The summed E-state index contributed by atoms with van der Waals surface area (Å²) in [6.45, 7) is 0.768. The van der Waals surface area contributed by atoms with E-state index in [1.807, 2.05) is 30.3 Å². The molecule has 2 heterocycles. The van der Waals surface area contributed by atoms with Gasteiger partial charge in [-0.1, -0.05) is 30.3 Å². The van der Waals surface area contributed by atoms with Crippen molar-refractivity contribution in [1.29, 1.82) is 0 Å². The Kier molecular flexibility index (Phi) is 1.99. The van der Waals surface area contributed by atoms with Crippen LogP contribution in [0.2, 0.25) is 0 Å². The van der Waals surface area contributed by atoms with Crippen molar-refractivity contribution in [3.05, 3.63) is 41.7 Å². The van der Waals surface area contributed by atoms with E-state index in [1.54, 1.807) is 4.90 Å². The minimum atomic E-state index is -0.207. The van der Waals surface area contributed by atoms with Crippen molar-refractivity contribution in [2.75, 3.05) is 6.54 Å². The van der Waals surface area contributed by atoms with Crippen molar-refractivity contribution in [2.24, 2.45) is 0 Å². The smallest absolute Gasteiger partial charge is 0.289 e. The quantitative estimate of drug-likeness (QED) is 0.778. The molecule has 0 unspecified atom stereocenters. The van der Waals surface area contributed by atoms with Gasteiger partial charge in [0.25, 0.3) is 5.91 Å². The summed E-state index contributed by atoms with van der Waals surface area (Å²) < 4.78 is 0. The Morgan fingerprint density at radius 3 is 2.75 bits per heavy atom. The van der Waals surface area contributed by atoms with Crippen LogP contribution in [0.3, 0.4) is 0 Å². The van der Waals surface area contributed by atoms with E-state index >= 15 is 0 Å². The van der Waals surface area contributed by atoms with Gasteiger partial charge in [-0.25, -0.2) is 0 Å². The van der Waals surface area contributed by atoms with Gasteiger partial charge in [-0.05, 0) is 18.4 Å². The third kappa shape index (κ3) is 1.18. The summed E-state index contributed by atoms with van der Waals surface area (Å²) in [5, 5.41) is 9.91. The molecular formula is C13H13NO2. The van der Waals surface area contributed by atoms with Crippen LogP contribution in [0.15, 0.2) is 36.1 Å². The van der Waals surface area contributed by atoms with Gasteiger partial charge in [0.05, 0.1) is 6.04 Å². The second-order valence-electron chi connectivity index (χ2n) is 4.28. The largest absolute Gasteiger partial charge is 0.503 e. The SMILES string of the molecule is O=C1C(O)=C(c2ccccc2)[C@@H]2CCCN12. The van der Waals surface area contributed by atoms with E-state index in [-0.39, 0.29) is 17.7 Å². The Morgan fingerprint density at radius 1 is 1.25 bits per heavy atom. The Hall–Kier alpha value is -1.77. The Morgan fingerprint density at radius 2 is 2.00 bits per heavy atom. The van der Waals surface area contributed by atoms with E-state index in [2.05, 4.69) is 0 Å². The van der Waals surface area contributed by atoms with E-state index in [4.69, 9.17) is 0 Å². The van der Waals surface area contributed by atoms with Crippen molar-refractivity contribution in [1.82, 2.24) is 4.90 Å². The van der Waals surface area contributed by atoms with Crippen molar-refractivity contribution in [2.45, 2.75) is 18.9 Å². The highest BCUT2D eigenvalue weighted by Crippen LogP contribution is 2.38. The minimum absolute atomic E-state index is 0.0594. The average Bonchev–Trinajstić information content (AvgIpc) is 2.86. The molecule has 1 N–H and O–H groups in total. The number of carbonyl (C=O) groups is 1. The molecule has 1 saturated heterocycles. The first kappa shape index (κ1) is 9.46. The number of rotatable bonds is 1. The molecule has 82 valence electrons. The average molecular weight is 215 g/mol. The fourth-order valence-electron chi connectivity index (χ4n) is 2.67. The highest BCUT2D eigenvalue weighted by Gasteiger charge is 2.42. The molecule has 1 aromatic rings. The van der Waals surface area contributed by atoms with Crippen LogP contribution >= 0.6 is 0 Å². The van der Waals surface area contributed by atoms with Gasteiger partial charge >= 0.3 is 0 Å². The lowest BCUT2D eigenvalue weighted by Gasteiger charge is -2.17. The molecule has 0 radical (unpaired) electrons. The lowest BCUT2D eigenvalue weighted by atomic mass is 9.98. The molecule has 0 aliphatic carbocycles. The fourth-order valence-corrected chi connectivity index (χ4v) is 2.67.